The van der Waals surface area contributed by atoms with Crippen molar-refractivity contribution in [3.8, 4) is 0 Å². The van der Waals surface area contributed by atoms with E-state index in [1.54, 1.807) is 24.3 Å². The van der Waals surface area contributed by atoms with Crippen molar-refractivity contribution < 1.29 is 13.9 Å². The van der Waals surface area contributed by atoms with E-state index in [1.165, 1.54) is 24.3 Å². The molecule has 0 radical (unpaired) electrons. The Morgan fingerprint density at radius 3 is 1.96 bits per heavy atom. The third-order valence-corrected chi connectivity index (χ3v) is 4.24. The van der Waals surface area contributed by atoms with Crippen molar-refractivity contribution in [1.29, 1.82) is 0 Å². The number of rotatable bonds is 4. The van der Waals surface area contributed by atoms with Crippen LogP contribution in [0.25, 0.3) is 0 Å². The minimum absolute atomic E-state index is 0. The molecule has 0 spiro atoms. The van der Waals surface area contributed by atoms with Gasteiger partial charge in [0, 0.05) is 25.7 Å². The summed E-state index contributed by atoms with van der Waals surface area (Å²) < 4.78 is 26.5. The Bertz CT molecular complexity index is 591. The Labute approximate surface area is 146 Å². The van der Waals surface area contributed by atoms with Crippen molar-refractivity contribution in [2.45, 2.75) is 12.1 Å². The second-order valence-corrected chi connectivity index (χ2v) is 5.83. The van der Waals surface area contributed by atoms with Crippen molar-refractivity contribution in [3.63, 3.8) is 0 Å². The zero-order valence-corrected chi connectivity index (χ0v) is 14.0. The van der Waals surface area contributed by atoms with Crippen LogP contribution in [0.3, 0.4) is 0 Å². The molecule has 1 atom stereocenters. The SMILES string of the molecule is Cl.OCC1CN(C(c2ccc(F)cc2)c2ccc(F)cc2)CCN1. The van der Waals surface area contributed by atoms with Gasteiger partial charge in [-0.05, 0) is 35.4 Å². The van der Waals surface area contributed by atoms with Crippen LogP contribution in [-0.4, -0.2) is 42.3 Å². The van der Waals surface area contributed by atoms with E-state index in [0.717, 1.165) is 24.2 Å². The molecule has 0 aliphatic carbocycles. The van der Waals surface area contributed by atoms with Gasteiger partial charge in [-0.1, -0.05) is 24.3 Å². The average Bonchev–Trinajstić information content (AvgIpc) is 2.59. The lowest BCUT2D eigenvalue weighted by Gasteiger charge is -2.39. The van der Waals surface area contributed by atoms with E-state index in [-0.39, 0.29) is 42.7 Å². The Kier molecular flexibility index (Phi) is 6.69. The molecule has 3 rings (SSSR count). The summed E-state index contributed by atoms with van der Waals surface area (Å²) in [5, 5.41) is 12.7. The first-order valence-electron chi connectivity index (χ1n) is 7.76. The van der Waals surface area contributed by atoms with Crippen LogP contribution in [0.5, 0.6) is 0 Å². The van der Waals surface area contributed by atoms with Gasteiger partial charge in [0.2, 0.25) is 0 Å². The molecule has 2 aromatic carbocycles. The predicted octanol–water partition coefficient (Wildman–Crippen LogP) is 2.74. The van der Waals surface area contributed by atoms with Crippen molar-refractivity contribution in [1.82, 2.24) is 10.2 Å². The maximum atomic E-state index is 13.3. The standard InChI is InChI=1S/C18H20F2N2O.ClH/c19-15-5-1-13(2-6-15)18(14-3-7-16(20)8-4-14)22-10-9-21-17(11-22)12-23;/h1-8,17-18,21,23H,9-12H2;1H. The van der Waals surface area contributed by atoms with Gasteiger partial charge in [0.05, 0.1) is 12.6 Å². The molecule has 1 heterocycles. The second-order valence-electron chi connectivity index (χ2n) is 5.83. The van der Waals surface area contributed by atoms with Crippen LogP contribution >= 0.6 is 12.4 Å². The Morgan fingerprint density at radius 1 is 1.00 bits per heavy atom. The lowest BCUT2D eigenvalue weighted by Crippen LogP contribution is -2.53. The van der Waals surface area contributed by atoms with Crippen molar-refractivity contribution in [2.75, 3.05) is 26.2 Å². The van der Waals surface area contributed by atoms with E-state index < -0.39 is 0 Å². The monoisotopic (exact) mass is 354 g/mol. The molecular formula is C18H21ClF2N2O. The quantitative estimate of drug-likeness (QED) is 0.886. The molecule has 1 aliphatic rings. The summed E-state index contributed by atoms with van der Waals surface area (Å²) in [6, 6.07) is 12.7. The molecule has 0 amide bonds. The minimum Gasteiger partial charge on any atom is -0.395 e. The van der Waals surface area contributed by atoms with E-state index in [0.29, 0.717) is 6.54 Å². The van der Waals surface area contributed by atoms with E-state index in [1.807, 2.05) is 0 Å². The molecule has 6 heteroatoms. The van der Waals surface area contributed by atoms with Crippen LogP contribution in [-0.2, 0) is 0 Å². The van der Waals surface area contributed by atoms with E-state index in [2.05, 4.69) is 10.2 Å². The van der Waals surface area contributed by atoms with E-state index in [9.17, 15) is 13.9 Å². The summed E-state index contributed by atoms with van der Waals surface area (Å²) in [5.41, 5.74) is 1.91. The highest BCUT2D eigenvalue weighted by Gasteiger charge is 2.27. The Morgan fingerprint density at radius 2 is 1.50 bits per heavy atom. The number of aliphatic hydroxyl groups is 1. The average molecular weight is 355 g/mol. The second kappa shape index (κ2) is 8.53. The van der Waals surface area contributed by atoms with Gasteiger partial charge in [0.15, 0.2) is 0 Å². The molecule has 2 N–H and O–H groups in total. The molecule has 0 aromatic heterocycles. The summed E-state index contributed by atoms with van der Waals surface area (Å²) in [5.74, 6) is -0.555. The highest BCUT2D eigenvalue weighted by atomic mass is 35.5. The molecular weight excluding hydrogens is 334 g/mol. The van der Waals surface area contributed by atoms with E-state index in [4.69, 9.17) is 0 Å². The van der Waals surface area contributed by atoms with Crippen molar-refractivity contribution >= 4 is 12.4 Å². The topological polar surface area (TPSA) is 35.5 Å². The summed E-state index contributed by atoms with van der Waals surface area (Å²) in [4.78, 5) is 2.23. The summed E-state index contributed by atoms with van der Waals surface area (Å²) in [6.45, 7) is 2.31. The van der Waals surface area contributed by atoms with Crippen molar-refractivity contribution in [3.05, 3.63) is 71.3 Å². The fraction of sp³-hybridized carbons (Fsp3) is 0.333. The Balaban J connectivity index is 0.00000208. The number of nitrogens with zero attached hydrogens (tertiary/aromatic N) is 1. The van der Waals surface area contributed by atoms with Crippen LogP contribution < -0.4 is 5.32 Å². The first kappa shape index (κ1) is 18.8. The van der Waals surface area contributed by atoms with Gasteiger partial charge in [0.25, 0.3) is 0 Å². The van der Waals surface area contributed by atoms with Gasteiger partial charge in [-0.2, -0.15) is 0 Å². The number of halogens is 3. The highest BCUT2D eigenvalue weighted by Crippen LogP contribution is 2.29. The van der Waals surface area contributed by atoms with Gasteiger partial charge >= 0.3 is 0 Å². The molecule has 0 saturated carbocycles. The third kappa shape index (κ3) is 4.30. The molecule has 3 nitrogen and oxygen atoms in total. The smallest absolute Gasteiger partial charge is 0.123 e. The van der Waals surface area contributed by atoms with Gasteiger partial charge in [0.1, 0.15) is 11.6 Å². The molecule has 24 heavy (non-hydrogen) atoms. The predicted molar refractivity (Wildman–Crippen MR) is 92.3 cm³/mol. The number of benzene rings is 2. The number of aliphatic hydroxyl groups excluding tert-OH is 1. The zero-order chi connectivity index (χ0) is 16.2. The Hall–Kier alpha value is -1.53. The lowest BCUT2D eigenvalue weighted by atomic mass is 9.95. The van der Waals surface area contributed by atoms with Crippen LogP contribution in [0.1, 0.15) is 17.2 Å². The molecule has 0 bridgehead atoms. The normalized spacial score (nSPS) is 18.4. The maximum absolute atomic E-state index is 13.3. The maximum Gasteiger partial charge on any atom is 0.123 e. The van der Waals surface area contributed by atoms with Gasteiger partial charge in [-0.3, -0.25) is 4.90 Å². The number of piperazine rings is 1. The van der Waals surface area contributed by atoms with Crippen LogP contribution in [0.15, 0.2) is 48.5 Å². The largest absolute Gasteiger partial charge is 0.395 e. The molecule has 1 saturated heterocycles. The molecule has 1 unspecified atom stereocenters. The van der Waals surface area contributed by atoms with Gasteiger partial charge in [-0.25, -0.2) is 8.78 Å². The fourth-order valence-electron chi connectivity index (χ4n) is 3.11. The zero-order valence-electron chi connectivity index (χ0n) is 13.2. The number of nitrogens with one attached hydrogen (secondary N) is 1. The fourth-order valence-corrected chi connectivity index (χ4v) is 3.11. The highest BCUT2D eigenvalue weighted by molar-refractivity contribution is 5.85. The lowest BCUT2D eigenvalue weighted by molar-refractivity contribution is 0.126. The molecule has 130 valence electrons. The van der Waals surface area contributed by atoms with Crippen molar-refractivity contribution in [2.24, 2.45) is 0 Å². The van der Waals surface area contributed by atoms with Crippen LogP contribution in [0, 0.1) is 11.6 Å². The first-order chi connectivity index (χ1) is 11.2. The summed E-state index contributed by atoms with van der Waals surface area (Å²) in [7, 11) is 0. The number of hydrogen-bond acceptors (Lipinski definition) is 3. The molecule has 2 aromatic rings. The molecule has 1 fully saturated rings. The summed E-state index contributed by atoms with van der Waals surface area (Å²) in [6.07, 6.45) is 0. The number of hydrogen-bond donors (Lipinski definition) is 2. The van der Waals surface area contributed by atoms with E-state index >= 15 is 0 Å². The van der Waals surface area contributed by atoms with Gasteiger partial charge in [-0.15, -0.1) is 12.4 Å². The molecule has 1 aliphatic heterocycles. The van der Waals surface area contributed by atoms with Gasteiger partial charge < -0.3 is 10.4 Å². The summed E-state index contributed by atoms with van der Waals surface area (Å²) >= 11 is 0. The first-order valence-corrected chi connectivity index (χ1v) is 7.76. The van der Waals surface area contributed by atoms with Crippen LogP contribution in [0.4, 0.5) is 8.78 Å². The third-order valence-electron chi connectivity index (χ3n) is 4.24. The van der Waals surface area contributed by atoms with Crippen LogP contribution in [0.2, 0.25) is 0 Å². The minimum atomic E-state index is -0.278.